The highest BCUT2D eigenvalue weighted by molar-refractivity contribution is 9.10. The molecule has 0 amide bonds. The summed E-state index contributed by atoms with van der Waals surface area (Å²) in [5, 5.41) is 17.4. The Balaban J connectivity index is 1.78. The monoisotopic (exact) mass is 339 g/mol. The van der Waals surface area contributed by atoms with Gasteiger partial charge in [-0.15, -0.1) is 0 Å². The van der Waals surface area contributed by atoms with Crippen LogP contribution in [0.2, 0.25) is 0 Å². The predicted molar refractivity (Wildman–Crippen MR) is 84.6 cm³/mol. The van der Waals surface area contributed by atoms with E-state index in [2.05, 4.69) is 52.4 Å². The Kier molecular flexibility index (Phi) is 5.58. The van der Waals surface area contributed by atoms with E-state index in [-0.39, 0.29) is 0 Å². The molecule has 0 aliphatic carbocycles. The summed E-state index contributed by atoms with van der Waals surface area (Å²) in [4.78, 5) is 0. The first-order chi connectivity index (χ1) is 9.15. The molecule has 2 atom stereocenters. The largest absolute Gasteiger partial charge is 0.387 e. The Morgan fingerprint density at radius 2 is 2.00 bits per heavy atom. The lowest BCUT2D eigenvalue weighted by molar-refractivity contribution is 0.171. The molecule has 0 aliphatic rings. The maximum atomic E-state index is 10.00. The molecule has 0 saturated heterocycles. The second kappa shape index (κ2) is 7.20. The van der Waals surface area contributed by atoms with Crippen LogP contribution in [0.1, 0.15) is 24.2 Å². The molecule has 0 aliphatic heterocycles. The van der Waals surface area contributed by atoms with Crippen molar-refractivity contribution in [1.29, 1.82) is 0 Å². The van der Waals surface area contributed by atoms with E-state index in [9.17, 15) is 5.11 Å². The van der Waals surface area contributed by atoms with Gasteiger partial charge in [-0.25, -0.2) is 0 Å². The van der Waals surface area contributed by atoms with Crippen LogP contribution in [0.25, 0.3) is 0 Å². The lowest BCUT2D eigenvalue weighted by Crippen LogP contribution is -2.31. The maximum Gasteiger partial charge on any atom is 0.0922 e. The minimum atomic E-state index is -0.418. The number of benzene rings is 1. The van der Waals surface area contributed by atoms with E-state index in [4.69, 9.17) is 0 Å². The molecule has 4 heteroatoms. The van der Waals surface area contributed by atoms with Crippen LogP contribution in [-0.4, -0.2) is 17.7 Å². The van der Waals surface area contributed by atoms with Crippen molar-refractivity contribution in [2.75, 3.05) is 6.54 Å². The first-order valence-electron chi connectivity index (χ1n) is 6.33. The molecule has 1 aromatic carbocycles. The number of rotatable bonds is 6. The highest BCUT2D eigenvalue weighted by atomic mass is 79.9. The van der Waals surface area contributed by atoms with Crippen molar-refractivity contribution in [3.63, 3.8) is 0 Å². The van der Waals surface area contributed by atoms with E-state index in [1.807, 2.05) is 16.8 Å². The molecule has 2 aromatic rings. The number of thiophene rings is 1. The number of aliphatic hydroxyl groups excluding tert-OH is 1. The van der Waals surface area contributed by atoms with Gasteiger partial charge in [0.2, 0.25) is 0 Å². The Bertz CT molecular complexity index is 483. The van der Waals surface area contributed by atoms with Gasteiger partial charge < -0.3 is 10.4 Å². The molecule has 1 heterocycles. The first-order valence-corrected chi connectivity index (χ1v) is 8.06. The quantitative estimate of drug-likeness (QED) is 0.839. The molecule has 0 saturated carbocycles. The highest BCUT2D eigenvalue weighted by Crippen LogP contribution is 2.16. The van der Waals surface area contributed by atoms with E-state index >= 15 is 0 Å². The van der Waals surface area contributed by atoms with Gasteiger partial charge in [-0.2, -0.15) is 11.3 Å². The second-order valence-electron chi connectivity index (χ2n) is 4.71. The molecule has 102 valence electrons. The van der Waals surface area contributed by atoms with Crippen LogP contribution in [0, 0.1) is 0 Å². The summed E-state index contributed by atoms with van der Waals surface area (Å²) in [6, 6.07) is 10.7. The van der Waals surface area contributed by atoms with Gasteiger partial charge in [0, 0.05) is 17.1 Å². The van der Waals surface area contributed by atoms with Crippen molar-refractivity contribution in [2.45, 2.75) is 25.5 Å². The van der Waals surface area contributed by atoms with E-state index in [1.54, 1.807) is 11.3 Å². The van der Waals surface area contributed by atoms with Gasteiger partial charge in [-0.1, -0.05) is 28.1 Å². The molecular weight excluding hydrogens is 322 g/mol. The van der Waals surface area contributed by atoms with Crippen molar-refractivity contribution < 1.29 is 5.11 Å². The normalized spacial score (nSPS) is 14.3. The predicted octanol–water partition coefficient (Wildman–Crippen LogP) is 3.76. The molecule has 0 fully saturated rings. The molecular formula is C15H18BrNOS. The minimum absolute atomic E-state index is 0.342. The van der Waals surface area contributed by atoms with Gasteiger partial charge in [0.25, 0.3) is 0 Å². The van der Waals surface area contributed by atoms with E-state index in [0.717, 1.165) is 16.5 Å². The number of halogens is 1. The molecule has 2 unspecified atom stereocenters. The minimum Gasteiger partial charge on any atom is -0.387 e. The summed E-state index contributed by atoms with van der Waals surface area (Å²) < 4.78 is 1.10. The Morgan fingerprint density at radius 3 is 2.63 bits per heavy atom. The fraction of sp³-hybridized carbons (Fsp3) is 0.333. The van der Waals surface area contributed by atoms with E-state index < -0.39 is 6.10 Å². The Hall–Kier alpha value is -0.680. The van der Waals surface area contributed by atoms with Crippen LogP contribution in [0.5, 0.6) is 0 Å². The average Bonchev–Trinajstić information content (AvgIpc) is 2.93. The average molecular weight is 340 g/mol. The number of nitrogens with one attached hydrogen (secondary N) is 1. The van der Waals surface area contributed by atoms with Crippen LogP contribution in [0.3, 0.4) is 0 Å². The smallest absolute Gasteiger partial charge is 0.0922 e. The fourth-order valence-electron chi connectivity index (χ4n) is 1.94. The van der Waals surface area contributed by atoms with Gasteiger partial charge in [0.1, 0.15) is 0 Å². The van der Waals surface area contributed by atoms with E-state index in [1.165, 1.54) is 5.56 Å². The summed E-state index contributed by atoms with van der Waals surface area (Å²) in [5.74, 6) is 0. The zero-order valence-corrected chi connectivity index (χ0v) is 13.2. The molecule has 2 rings (SSSR count). The third kappa shape index (κ3) is 4.73. The van der Waals surface area contributed by atoms with Crippen LogP contribution >= 0.6 is 27.3 Å². The summed E-state index contributed by atoms with van der Waals surface area (Å²) in [6.07, 6.45) is 0.544. The van der Waals surface area contributed by atoms with Crippen LogP contribution in [0.15, 0.2) is 45.6 Å². The third-order valence-electron chi connectivity index (χ3n) is 3.04. The summed E-state index contributed by atoms with van der Waals surface area (Å²) in [5.41, 5.74) is 2.29. The number of hydrogen-bond acceptors (Lipinski definition) is 3. The third-order valence-corrected chi connectivity index (χ3v) is 4.27. The van der Waals surface area contributed by atoms with Gasteiger partial charge in [0.15, 0.2) is 0 Å². The fourth-order valence-corrected chi connectivity index (χ4v) is 2.91. The molecule has 2 nitrogen and oxygen atoms in total. The summed E-state index contributed by atoms with van der Waals surface area (Å²) in [7, 11) is 0. The van der Waals surface area contributed by atoms with Crippen molar-refractivity contribution in [1.82, 2.24) is 5.32 Å². The van der Waals surface area contributed by atoms with Gasteiger partial charge in [-0.3, -0.25) is 0 Å². The highest BCUT2D eigenvalue weighted by Gasteiger charge is 2.10. The van der Waals surface area contributed by atoms with Crippen LogP contribution < -0.4 is 5.32 Å². The summed E-state index contributed by atoms with van der Waals surface area (Å²) in [6.45, 7) is 2.73. The molecule has 0 spiro atoms. The molecule has 2 N–H and O–H groups in total. The lowest BCUT2D eigenvalue weighted by atomic mass is 10.1. The van der Waals surface area contributed by atoms with Crippen LogP contribution in [0.4, 0.5) is 0 Å². The second-order valence-corrected chi connectivity index (χ2v) is 6.41. The van der Waals surface area contributed by atoms with Crippen LogP contribution in [-0.2, 0) is 6.42 Å². The maximum absolute atomic E-state index is 10.00. The van der Waals surface area contributed by atoms with Gasteiger partial charge in [0.05, 0.1) is 6.10 Å². The van der Waals surface area contributed by atoms with Gasteiger partial charge in [-0.05, 0) is 53.4 Å². The van der Waals surface area contributed by atoms with Crippen molar-refractivity contribution in [3.8, 4) is 0 Å². The zero-order valence-electron chi connectivity index (χ0n) is 10.8. The number of aliphatic hydroxyl groups is 1. The number of hydrogen-bond donors (Lipinski definition) is 2. The Morgan fingerprint density at radius 1 is 1.26 bits per heavy atom. The topological polar surface area (TPSA) is 32.3 Å². The van der Waals surface area contributed by atoms with Crippen molar-refractivity contribution >= 4 is 27.3 Å². The summed E-state index contributed by atoms with van der Waals surface area (Å²) >= 11 is 5.05. The zero-order chi connectivity index (χ0) is 13.7. The Labute approximate surface area is 126 Å². The van der Waals surface area contributed by atoms with Gasteiger partial charge >= 0.3 is 0 Å². The lowest BCUT2D eigenvalue weighted by Gasteiger charge is -2.16. The first kappa shape index (κ1) is 14.7. The standard InChI is InChI=1S/C15H18BrNOS/c1-11(8-12-2-4-14(16)5-3-12)17-9-15(18)13-6-7-19-10-13/h2-7,10-11,15,17-18H,8-9H2,1H3. The van der Waals surface area contributed by atoms with Crippen molar-refractivity contribution in [2.24, 2.45) is 0 Å². The van der Waals surface area contributed by atoms with E-state index in [0.29, 0.717) is 12.6 Å². The van der Waals surface area contributed by atoms with Crippen molar-refractivity contribution in [3.05, 3.63) is 56.7 Å². The molecule has 19 heavy (non-hydrogen) atoms. The molecule has 0 radical (unpaired) electrons. The SMILES string of the molecule is CC(Cc1ccc(Br)cc1)NCC(O)c1ccsc1. The molecule has 1 aromatic heterocycles. The molecule has 0 bridgehead atoms.